The number of aryl methyl sites for hydroxylation is 2. The number of carbonyl (C=O) groups excluding carboxylic acids is 3. The molecule has 0 spiro atoms. The van der Waals surface area contributed by atoms with Crippen molar-refractivity contribution in [3.05, 3.63) is 52.3 Å². The molecule has 0 radical (unpaired) electrons. The summed E-state index contributed by atoms with van der Waals surface area (Å²) in [5.41, 5.74) is 1.76. The van der Waals surface area contributed by atoms with Crippen LogP contribution in [0.25, 0.3) is 0 Å². The zero-order valence-corrected chi connectivity index (χ0v) is 16.7. The van der Waals surface area contributed by atoms with Crippen molar-refractivity contribution in [1.29, 1.82) is 5.26 Å². The van der Waals surface area contributed by atoms with Crippen LogP contribution in [0.2, 0.25) is 0 Å². The van der Waals surface area contributed by atoms with E-state index in [1.807, 2.05) is 6.07 Å². The van der Waals surface area contributed by atoms with Crippen LogP contribution in [0.3, 0.4) is 0 Å². The first-order valence-corrected chi connectivity index (χ1v) is 9.01. The van der Waals surface area contributed by atoms with E-state index in [0.29, 0.717) is 22.7 Å². The van der Waals surface area contributed by atoms with E-state index in [9.17, 15) is 14.4 Å². The molecule has 0 aliphatic heterocycles. The Labute approximate surface area is 168 Å². The Morgan fingerprint density at radius 2 is 1.69 bits per heavy atom. The first-order chi connectivity index (χ1) is 13.8. The van der Waals surface area contributed by atoms with Crippen molar-refractivity contribution in [1.82, 2.24) is 4.98 Å². The second kappa shape index (κ2) is 9.55. The smallest absolute Gasteiger partial charge is 0.347 e. The molecule has 152 valence electrons. The quantitative estimate of drug-likeness (QED) is 0.536. The molecule has 2 rings (SSSR count). The topological polar surface area (TPSA) is 118 Å². The number of aromatic nitrogens is 1. The average molecular weight is 398 g/mol. The Morgan fingerprint density at radius 1 is 1.07 bits per heavy atom. The van der Waals surface area contributed by atoms with E-state index in [4.69, 9.17) is 19.5 Å². The van der Waals surface area contributed by atoms with Gasteiger partial charge in [-0.25, -0.2) is 9.59 Å². The fourth-order valence-corrected chi connectivity index (χ4v) is 2.77. The number of nitrogens with one attached hydrogen (secondary N) is 1. The molecule has 0 saturated heterocycles. The second-order valence-electron chi connectivity index (χ2n) is 6.27. The fourth-order valence-electron chi connectivity index (χ4n) is 2.77. The Hall–Kier alpha value is -3.60. The average Bonchev–Trinajstić information content (AvgIpc) is 3.00. The Balaban J connectivity index is 2.02. The monoisotopic (exact) mass is 398 g/mol. The van der Waals surface area contributed by atoms with E-state index in [-0.39, 0.29) is 17.7 Å². The largest absolute Gasteiger partial charge is 0.479 e. The van der Waals surface area contributed by atoms with E-state index in [1.165, 1.54) is 6.92 Å². The van der Waals surface area contributed by atoms with Crippen molar-refractivity contribution >= 4 is 17.7 Å². The molecule has 0 aliphatic rings. The molecule has 29 heavy (non-hydrogen) atoms. The van der Waals surface area contributed by atoms with Crippen molar-refractivity contribution in [3.63, 3.8) is 0 Å². The number of rotatable bonds is 8. The van der Waals surface area contributed by atoms with Crippen LogP contribution in [0.5, 0.6) is 5.75 Å². The van der Waals surface area contributed by atoms with Crippen LogP contribution in [0, 0.1) is 25.2 Å². The number of benzene rings is 1. The summed E-state index contributed by atoms with van der Waals surface area (Å²) in [5, 5.41) is 8.79. The number of esters is 2. The molecular weight excluding hydrogens is 376 g/mol. The molecular formula is C21H22N2O6. The number of hydrogen-bond donors (Lipinski definition) is 1. The summed E-state index contributed by atoms with van der Waals surface area (Å²) in [6, 6.07) is 8.23. The predicted molar refractivity (Wildman–Crippen MR) is 103 cm³/mol. The summed E-state index contributed by atoms with van der Waals surface area (Å²) in [6.07, 6.45) is -0.964. The van der Waals surface area contributed by atoms with Crippen molar-refractivity contribution in [2.75, 3.05) is 13.2 Å². The van der Waals surface area contributed by atoms with Crippen molar-refractivity contribution in [3.8, 4) is 11.8 Å². The normalized spacial score (nSPS) is 11.3. The summed E-state index contributed by atoms with van der Waals surface area (Å²) in [6.45, 7) is 6.11. The number of nitriles is 1. The summed E-state index contributed by atoms with van der Waals surface area (Å²) in [5.74, 6) is -1.47. The van der Waals surface area contributed by atoms with E-state index < -0.39 is 30.4 Å². The van der Waals surface area contributed by atoms with Crippen molar-refractivity contribution in [2.24, 2.45) is 0 Å². The van der Waals surface area contributed by atoms with E-state index in [2.05, 4.69) is 4.98 Å². The number of ether oxygens (including phenoxy) is 3. The summed E-state index contributed by atoms with van der Waals surface area (Å²) < 4.78 is 15.5. The van der Waals surface area contributed by atoms with Crippen LogP contribution >= 0.6 is 0 Å². The maximum Gasteiger partial charge on any atom is 0.347 e. The van der Waals surface area contributed by atoms with E-state index >= 15 is 0 Å². The van der Waals surface area contributed by atoms with Gasteiger partial charge < -0.3 is 19.2 Å². The van der Waals surface area contributed by atoms with Crippen LogP contribution in [0.4, 0.5) is 0 Å². The van der Waals surface area contributed by atoms with Gasteiger partial charge >= 0.3 is 11.9 Å². The fraction of sp³-hybridized carbons (Fsp3) is 0.333. The molecule has 0 unspecified atom stereocenters. The number of aromatic amines is 1. The van der Waals surface area contributed by atoms with Gasteiger partial charge in [-0.3, -0.25) is 4.79 Å². The van der Waals surface area contributed by atoms with Gasteiger partial charge in [0, 0.05) is 11.4 Å². The highest BCUT2D eigenvalue weighted by molar-refractivity contribution is 6.09. The Morgan fingerprint density at radius 3 is 2.28 bits per heavy atom. The van der Waals surface area contributed by atoms with Gasteiger partial charge in [0.1, 0.15) is 5.75 Å². The zero-order valence-electron chi connectivity index (χ0n) is 16.7. The van der Waals surface area contributed by atoms with E-state index in [0.717, 1.165) is 0 Å². The molecule has 1 aromatic carbocycles. The molecule has 2 aromatic rings. The molecule has 0 fully saturated rings. The molecule has 0 bridgehead atoms. The standard InChI is InChI=1S/C21H22N2O6/c1-5-27-21(26)19-13(3)23-12(2)18(19)17(24)11-28-20(25)14(4)29-16-8-6-15(10-22)7-9-16/h6-9,14,23H,5,11H2,1-4H3/t14-/m0/s1. The molecule has 8 heteroatoms. The van der Waals surface area contributed by atoms with Gasteiger partial charge in [0.05, 0.1) is 29.4 Å². The number of nitrogens with zero attached hydrogens (tertiary/aromatic N) is 1. The zero-order chi connectivity index (χ0) is 21.6. The number of hydrogen-bond acceptors (Lipinski definition) is 7. The lowest BCUT2D eigenvalue weighted by Crippen LogP contribution is -2.28. The van der Waals surface area contributed by atoms with E-state index in [1.54, 1.807) is 45.0 Å². The number of ketones is 1. The Kier molecular flexibility index (Phi) is 7.15. The van der Waals surface area contributed by atoms with Crippen LogP contribution < -0.4 is 4.74 Å². The molecule has 0 saturated carbocycles. The van der Waals surface area contributed by atoms with Crippen LogP contribution in [0.1, 0.15) is 51.5 Å². The van der Waals surface area contributed by atoms with Crippen LogP contribution in [0.15, 0.2) is 24.3 Å². The van der Waals surface area contributed by atoms with Gasteiger partial charge in [-0.15, -0.1) is 0 Å². The highest BCUT2D eigenvalue weighted by Gasteiger charge is 2.27. The molecule has 1 aromatic heterocycles. The Bertz CT molecular complexity index is 953. The van der Waals surface area contributed by atoms with Crippen LogP contribution in [-0.2, 0) is 14.3 Å². The van der Waals surface area contributed by atoms with Crippen molar-refractivity contribution in [2.45, 2.75) is 33.8 Å². The molecule has 1 N–H and O–H groups in total. The first-order valence-electron chi connectivity index (χ1n) is 9.01. The lowest BCUT2D eigenvalue weighted by Gasteiger charge is -2.14. The van der Waals surface area contributed by atoms with Gasteiger partial charge in [0.25, 0.3) is 0 Å². The predicted octanol–water partition coefficient (Wildman–Crippen LogP) is 2.87. The van der Waals surface area contributed by atoms with Gasteiger partial charge in [-0.05, 0) is 52.0 Å². The minimum atomic E-state index is -0.964. The summed E-state index contributed by atoms with van der Waals surface area (Å²) in [7, 11) is 0. The number of carbonyl (C=O) groups is 3. The third kappa shape index (κ3) is 5.23. The van der Waals surface area contributed by atoms with Crippen LogP contribution in [-0.4, -0.2) is 42.0 Å². The maximum atomic E-state index is 12.6. The number of H-pyrrole nitrogens is 1. The number of Topliss-reactive ketones (excluding diaryl/α,β-unsaturated/α-hetero) is 1. The van der Waals surface area contributed by atoms with Crippen molar-refractivity contribution < 1.29 is 28.6 Å². The first kappa shape index (κ1) is 21.7. The lowest BCUT2D eigenvalue weighted by molar-refractivity contribution is -0.149. The lowest BCUT2D eigenvalue weighted by atomic mass is 10.1. The third-order valence-electron chi connectivity index (χ3n) is 4.11. The summed E-state index contributed by atoms with van der Waals surface area (Å²) in [4.78, 5) is 39.9. The molecule has 1 heterocycles. The van der Waals surface area contributed by atoms with Gasteiger partial charge in [0.15, 0.2) is 12.7 Å². The molecule has 8 nitrogen and oxygen atoms in total. The third-order valence-corrected chi connectivity index (χ3v) is 4.11. The SMILES string of the molecule is CCOC(=O)c1c(C)[nH]c(C)c1C(=O)COC(=O)[C@H](C)Oc1ccc(C#N)cc1. The maximum absolute atomic E-state index is 12.6. The molecule has 1 atom stereocenters. The molecule has 0 amide bonds. The minimum absolute atomic E-state index is 0.146. The van der Waals surface area contributed by atoms with Gasteiger partial charge in [-0.2, -0.15) is 5.26 Å². The second-order valence-corrected chi connectivity index (χ2v) is 6.27. The molecule has 0 aliphatic carbocycles. The van der Waals surface area contributed by atoms with Gasteiger partial charge in [0.2, 0.25) is 5.78 Å². The van der Waals surface area contributed by atoms with Gasteiger partial charge in [-0.1, -0.05) is 0 Å². The highest BCUT2D eigenvalue weighted by atomic mass is 16.6. The minimum Gasteiger partial charge on any atom is -0.479 e. The summed E-state index contributed by atoms with van der Waals surface area (Å²) >= 11 is 0. The highest BCUT2D eigenvalue weighted by Crippen LogP contribution is 2.20.